The molecule has 7 heteroatoms. The Kier molecular flexibility index (Phi) is 4.48. The number of aryl methyl sites for hydroxylation is 3. The van der Waals surface area contributed by atoms with Crippen molar-refractivity contribution in [3.05, 3.63) is 51.3 Å². The van der Waals surface area contributed by atoms with Crippen LogP contribution in [0.5, 0.6) is 0 Å². The largest absolute Gasteiger partial charge is 0.467 e. The number of carbonyl (C=O) groups excluding carboxylic acids is 1. The van der Waals surface area contributed by atoms with Crippen LogP contribution in [0.25, 0.3) is 11.0 Å². The maximum atomic E-state index is 12.4. The third-order valence-corrected chi connectivity index (χ3v) is 4.51. The van der Waals surface area contributed by atoms with E-state index in [-0.39, 0.29) is 23.9 Å². The lowest BCUT2D eigenvalue weighted by Gasteiger charge is -2.12. The Morgan fingerprint density at radius 1 is 1.44 bits per heavy atom. The number of nitrogens with one attached hydrogen (secondary N) is 2. The average Bonchev–Trinajstić information content (AvgIpc) is 3.16. The highest BCUT2D eigenvalue weighted by atomic mass is 16.3. The summed E-state index contributed by atoms with van der Waals surface area (Å²) >= 11 is 0. The Balaban J connectivity index is 1.76. The molecule has 1 amide bonds. The number of rotatable bonds is 5. The van der Waals surface area contributed by atoms with Gasteiger partial charge < -0.3 is 14.7 Å². The minimum atomic E-state index is -0.204. The third kappa shape index (κ3) is 3.22. The first-order chi connectivity index (χ1) is 11.9. The van der Waals surface area contributed by atoms with Crippen LogP contribution in [0.1, 0.15) is 42.0 Å². The predicted octanol–water partition coefficient (Wildman–Crippen LogP) is 2.28. The molecule has 2 N–H and O–H groups in total. The summed E-state index contributed by atoms with van der Waals surface area (Å²) in [5.41, 5.74) is 2.92. The van der Waals surface area contributed by atoms with Crippen molar-refractivity contribution in [3.63, 3.8) is 0 Å². The Morgan fingerprint density at radius 2 is 2.20 bits per heavy atom. The number of hydrogen-bond donors (Lipinski definition) is 2. The van der Waals surface area contributed by atoms with Gasteiger partial charge in [0.2, 0.25) is 5.91 Å². The number of amides is 1. The lowest BCUT2D eigenvalue weighted by atomic mass is 10.0. The van der Waals surface area contributed by atoms with Crippen molar-refractivity contribution in [3.8, 4) is 0 Å². The zero-order valence-electron chi connectivity index (χ0n) is 14.8. The average molecular weight is 342 g/mol. The highest BCUT2D eigenvalue weighted by Crippen LogP contribution is 2.21. The fourth-order valence-corrected chi connectivity index (χ4v) is 3.22. The van der Waals surface area contributed by atoms with Crippen LogP contribution >= 0.6 is 0 Å². The van der Waals surface area contributed by atoms with E-state index in [4.69, 9.17) is 4.42 Å². The second-order valence-electron chi connectivity index (χ2n) is 6.29. The third-order valence-electron chi connectivity index (χ3n) is 4.51. The zero-order chi connectivity index (χ0) is 18.1. The molecule has 0 bridgehead atoms. The number of fused-ring (bicyclic) bond motifs is 1. The van der Waals surface area contributed by atoms with Crippen molar-refractivity contribution in [1.82, 2.24) is 20.1 Å². The quantitative estimate of drug-likeness (QED) is 0.744. The number of pyridine rings is 1. The molecule has 0 saturated carbocycles. The molecule has 0 radical (unpaired) electrons. The van der Waals surface area contributed by atoms with E-state index in [1.165, 1.54) is 0 Å². The van der Waals surface area contributed by atoms with Gasteiger partial charge in [0.25, 0.3) is 5.56 Å². The second-order valence-corrected chi connectivity index (χ2v) is 6.29. The van der Waals surface area contributed by atoms with E-state index in [0.717, 1.165) is 16.6 Å². The van der Waals surface area contributed by atoms with Crippen LogP contribution in [-0.2, 0) is 18.3 Å². The molecule has 3 heterocycles. The van der Waals surface area contributed by atoms with Crippen molar-refractivity contribution in [2.24, 2.45) is 7.05 Å². The zero-order valence-corrected chi connectivity index (χ0v) is 14.8. The van der Waals surface area contributed by atoms with Gasteiger partial charge in [0.15, 0.2) is 0 Å². The summed E-state index contributed by atoms with van der Waals surface area (Å²) in [7, 11) is 1.80. The van der Waals surface area contributed by atoms with Crippen LogP contribution in [0.4, 0.5) is 0 Å². The van der Waals surface area contributed by atoms with Gasteiger partial charge in [-0.15, -0.1) is 0 Å². The molecule has 3 aromatic heterocycles. The van der Waals surface area contributed by atoms with Crippen LogP contribution < -0.4 is 10.9 Å². The monoisotopic (exact) mass is 342 g/mol. The van der Waals surface area contributed by atoms with Gasteiger partial charge in [0.05, 0.1) is 18.0 Å². The fraction of sp³-hybridized carbons (Fsp3) is 0.389. The summed E-state index contributed by atoms with van der Waals surface area (Å²) in [6.07, 6.45) is 2.19. The van der Waals surface area contributed by atoms with Crippen molar-refractivity contribution < 1.29 is 9.21 Å². The maximum Gasteiger partial charge on any atom is 0.253 e. The molecule has 0 aliphatic rings. The van der Waals surface area contributed by atoms with E-state index in [0.29, 0.717) is 23.4 Å². The van der Waals surface area contributed by atoms with Crippen LogP contribution in [0.2, 0.25) is 0 Å². The van der Waals surface area contributed by atoms with Crippen molar-refractivity contribution in [1.29, 1.82) is 0 Å². The van der Waals surface area contributed by atoms with Gasteiger partial charge in [-0.1, -0.05) is 0 Å². The van der Waals surface area contributed by atoms with Crippen LogP contribution in [-0.4, -0.2) is 20.7 Å². The second kappa shape index (κ2) is 6.58. The van der Waals surface area contributed by atoms with Gasteiger partial charge in [-0.3, -0.25) is 14.3 Å². The first-order valence-corrected chi connectivity index (χ1v) is 8.26. The topological polar surface area (TPSA) is 92.9 Å². The van der Waals surface area contributed by atoms with E-state index < -0.39 is 0 Å². The molecular weight excluding hydrogens is 320 g/mol. The molecule has 25 heavy (non-hydrogen) atoms. The summed E-state index contributed by atoms with van der Waals surface area (Å²) in [4.78, 5) is 27.5. The van der Waals surface area contributed by atoms with E-state index >= 15 is 0 Å². The first kappa shape index (κ1) is 17.0. The van der Waals surface area contributed by atoms with Gasteiger partial charge >= 0.3 is 0 Å². The van der Waals surface area contributed by atoms with Crippen molar-refractivity contribution in [2.75, 3.05) is 0 Å². The standard InChI is InChI=1S/C18H22N4O3/c1-10-13(18(24)20-17-16(10)12(3)21-22(17)4)7-8-15(23)19-11(2)14-6-5-9-25-14/h5-6,9,11H,7-8H2,1-4H3,(H,19,23)(H,20,24)/t11-/m0/s1. The lowest BCUT2D eigenvalue weighted by Crippen LogP contribution is -2.27. The molecular formula is C18H22N4O3. The summed E-state index contributed by atoms with van der Waals surface area (Å²) in [6.45, 7) is 5.68. The molecule has 3 rings (SSSR count). The normalized spacial score (nSPS) is 12.5. The Bertz CT molecular complexity index is 967. The predicted molar refractivity (Wildman–Crippen MR) is 94.4 cm³/mol. The molecule has 0 aromatic carbocycles. The summed E-state index contributed by atoms with van der Waals surface area (Å²) in [5.74, 6) is 0.584. The number of hydrogen-bond acceptors (Lipinski definition) is 4. The van der Waals surface area contributed by atoms with E-state index in [1.807, 2.05) is 26.8 Å². The van der Waals surface area contributed by atoms with Crippen molar-refractivity contribution >= 4 is 16.9 Å². The molecule has 1 atom stereocenters. The Hall–Kier alpha value is -2.83. The lowest BCUT2D eigenvalue weighted by molar-refractivity contribution is -0.121. The Morgan fingerprint density at radius 3 is 2.88 bits per heavy atom. The van der Waals surface area contributed by atoms with Crippen LogP contribution in [0.15, 0.2) is 27.6 Å². The molecule has 7 nitrogen and oxygen atoms in total. The van der Waals surface area contributed by atoms with Crippen LogP contribution in [0.3, 0.4) is 0 Å². The van der Waals surface area contributed by atoms with Gasteiger partial charge in [0.1, 0.15) is 11.4 Å². The number of aromatic nitrogens is 3. The van der Waals surface area contributed by atoms with Gasteiger partial charge in [-0.2, -0.15) is 5.10 Å². The molecule has 0 aliphatic carbocycles. The SMILES string of the molecule is Cc1nn(C)c2[nH]c(=O)c(CCC(=O)N[C@@H](C)c3ccco3)c(C)c12. The Labute approximate surface area is 145 Å². The maximum absolute atomic E-state index is 12.4. The molecule has 0 aliphatic heterocycles. The highest BCUT2D eigenvalue weighted by Gasteiger charge is 2.17. The number of carbonyl (C=O) groups is 1. The highest BCUT2D eigenvalue weighted by molar-refractivity contribution is 5.83. The molecule has 0 saturated heterocycles. The number of aromatic amines is 1. The molecule has 3 aromatic rings. The molecule has 0 spiro atoms. The number of furan rings is 1. The van der Waals surface area contributed by atoms with Crippen molar-refractivity contribution in [2.45, 2.75) is 39.7 Å². The van der Waals surface area contributed by atoms with E-state index in [9.17, 15) is 9.59 Å². The van der Waals surface area contributed by atoms with E-state index in [1.54, 1.807) is 24.1 Å². The molecule has 0 unspecified atom stereocenters. The smallest absolute Gasteiger partial charge is 0.253 e. The van der Waals surface area contributed by atoms with Gasteiger partial charge in [-0.25, -0.2) is 0 Å². The van der Waals surface area contributed by atoms with E-state index in [2.05, 4.69) is 15.4 Å². The minimum Gasteiger partial charge on any atom is -0.467 e. The summed E-state index contributed by atoms with van der Waals surface area (Å²) < 4.78 is 6.95. The van der Waals surface area contributed by atoms with Gasteiger partial charge in [0, 0.05) is 24.4 Å². The first-order valence-electron chi connectivity index (χ1n) is 8.26. The van der Waals surface area contributed by atoms with Crippen LogP contribution in [0, 0.1) is 13.8 Å². The summed E-state index contributed by atoms with van der Waals surface area (Å²) in [6, 6.07) is 3.40. The molecule has 0 fully saturated rings. The molecule has 132 valence electrons. The minimum absolute atomic E-state index is 0.120. The number of nitrogens with zero attached hydrogens (tertiary/aromatic N) is 2. The van der Waals surface area contributed by atoms with Gasteiger partial charge in [-0.05, 0) is 44.9 Å². The summed E-state index contributed by atoms with van der Waals surface area (Å²) in [5, 5.41) is 8.18. The fourth-order valence-electron chi connectivity index (χ4n) is 3.22. The number of H-pyrrole nitrogens is 1.